The van der Waals surface area contributed by atoms with Gasteiger partial charge in [-0.1, -0.05) is 13.0 Å². The molecule has 4 nitrogen and oxygen atoms in total. The first-order valence-corrected chi connectivity index (χ1v) is 5.90. The zero-order valence-electron chi connectivity index (χ0n) is 10.6. The van der Waals surface area contributed by atoms with Crippen molar-refractivity contribution in [3.8, 4) is 23.1 Å². The number of nitriles is 1. The summed E-state index contributed by atoms with van der Waals surface area (Å²) < 4.78 is 7.11. The Morgan fingerprint density at radius 2 is 2.22 bits per heavy atom. The van der Waals surface area contributed by atoms with Crippen molar-refractivity contribution < 1.29 is 4.74 Å². The van der Waals surface area contributed by atoms with E-state index in [1.54, 1.807) is 13.2 Å². The van der Waals surface area contributed by atoms with Gasteiger partial charge in [0, 0.05) is 18.3 Å². The molecule has 0 fully saturated rings. The number of aromatic nitrogens is 2. The van der Waals surface area contributed by atoms with Gasteiger partial charge >= 0.3 is 0 Å². The van der Waals surface area contributed by atoms with Gasteiger partial charge in [0.15, 0.2) is 0 Å². The fraction of sp³-hybridized carbons (Fsp3) is 0.286. The Morgan fingerprint density at radius 3 is 2.89 bits per heavy atom. The van der Waals surface area contributed by atoms with Crippen LogP contribution in [-0.2, 0) is 6.54 Å². The Kier molecular flexibility index (Phi) is 3.63. The summed E-state index contributed by atoms with van der Waals surface area (Å²) >= 11 is 0. The van der Waals surface area contributed by atoms with Crippen LogP contribution in [0.4, 0.5) is 0 Å². The molecule has 0 saturated carbocycles. The highest BCUT2D eigenvalue weighted by Crippen LogP contribution is 2.25. The van der Waals surface area contributed by atoms with Crippen molar-refractivity contribution in [1.29, 1.82) is 5.26 Å². The van der Waals surface area contributed by atoms with Crippen LogP contribution in [0.2, 0.25) is 0 Å². The van der Waals surface area contributed by atoms with Gasteiger partial charge in [-0.15, -0.1) is 0 Å². The second-order valence-corrected chi connectivity index (χ2v) is 3.99. The molecular formula is C14H15N3O. The normalized spacial score (nSPS) is 10.1. The monoisotopic (exact) mass is 241 g/mol. The maximum atomic E-state index is 8.94. The zero-order valence-corrected chi connectivity index (χ0v) is 10.6. The minimum atomic E-state index is 0.536. The molecule has 18 heavy (non-hydrogen) atoms. The summed E-state index contributed by atoms with van der Waals surface area (Å²) in [6.45, 7) is 3.03. The van der Waals surface area contributed by atoms with Crippen LogP contribution in [0.15, 0.2) is 30.5 Å². The molecule has 0 aliphatic rings. The molecule has 0 aliphatic carbocycles. The van der Waals surface area contributed by atoms with Crippen molar-refractivity contribution >= 4 is 0 Å². The van der Waals surface area contributed by atoms with Gasteiger partial charge in [0.2, 0.25) is 0 Å². The first-order chi connectivity index (χ1) is 8.78. The number of aryl methyl sites for hydroxylation is 1. The molecule has 0 aliphatic heterocycles. The zero-order chi connectivity index (χ0) is 13.0. The van der Waals surface area contributed by atoms with E-state index in [0.29, 0.717) is 11.3 Å². The number of rotatable bonds is 4. The quantitative estimate of drug-likeness (QED) is 0.827. The molecular weight excluding hydrogens is 226 g/mol. The maximum absolute atomic E-state index is 8.94. The summed E-state index contributed by atoms with van der Waals surface area (Å²) in [5.41, 5.74) is 2.39. The van der Waals surface area contributed by atoms with Gasteiger partial charge in [-0.25, -0.2) is 0 Å². The van der Waals surface area contributed by atoms with E-state index >= 15 is 0 Å². The van der Waals surface area contributed by atoms with Gasteiger partial charge in [0.1, 0.15) is 11.8 Å². The summed E-state index contributed by atoms with van der Waals surface area (Å²) in [6, 6.07) is 9.56. The van der Waals surface area contributed by atoms with Crippen molar-refractivity contribution in [1.82, 2.24) is 9.78 Å². The molecule has 0 saturated heterocycles. The van der Waals surface area contributed by atoms with Crippen molar-refractivity contribution in [3.63, 3.8) is 0 Å². The molecule has 0 unspecified atom stereocenters. The predicted octanol–water partition coefficient (Wildman–Crippen LogP) is 2.84. The predicted molar refractivity (Wildman–Crippen MR) is 69.2 cm³/mol. The first-order valence-electron chi connectivity index (χ1n) is 5.90. The topological polar surface area (TPSA) is 50.8 Å². The summed E-state index contributed by atoms with van der Waals surface area (Å²) in [6.07, 6.45) is 3.02. The number of hydrogen-bond donors (Lipinski definition) is 0. The van der Waals surface area contributed by atoms with E-state index in [0.717, 1.165) is 24.2 Å². The highest BCUT2D eigenvalue weighted by atomic mass is 16.5. The average Bonchev–Trinajstić information content (AvgIpc) is 2.87. The van der Waals surface area contributed by atoms with Gasteiger partial charge in [-0.05, 0) is 24.6 Å². The fourth-order valence-corrected chi connectivity index (χ4v) is 1.81. The molecule has 0 N–H and O–H groups in total. The van der Waals surface area contributed by atoms with Crippen LogP contribution in [-0.4, -0.2) is 16.9 Å². The molecule has 1 heterocycles. The molecule has 1 aromatic carbocycles. The van der Waals surface area contributed by atoms with E-state index in [-0.39, 0.29) is 0 Å². The Hall–Kier alpha value is -2.28. The Bertz CT molecular complexity index is 581. The number of ether oxygens (including phenoxy) is 1. The second kappa shape index (κ2) is 5.37. The standard InChI is InChI=1S/C14H15N3O/c1-3-7-17-8-6-13(16-17)11-4-5-12(10-15)14(9-11)18-2/h4-6,8-9H,3,7H2,1-2H3. The third-order valence-electron chi connectivity index (χ3n) is 2.71. The highest BCUT2D eigenvalue weighted by Gasteiger charge is 2.07. The van der Waals surface area contributed by atoms with E-state index in [1.165, 1.54) is 0 Å². The molecule has 2 rings (SSSR count). The van der Waals surface area contributed by atoms with Crippen molar-refractivity contribution in [3.05, 3.63) is 36.0 Å². The Labute approximate surface area is 106 Å². The molecule has 4 heteroatoms. The number of benzene rings is 1. The second-order valence-electron chi connectivity index (χ2n) is 3.99. The SMILES string of the molecule is CCCn1ccc(-c2ccc(C#N)c(OC)c2)n1. The van der Waals surface area contributed by atoms with Crippen LogP contribution in [0.5, 0.6) is 5.75 Å². The lowest BCUT2D eigenvalue weighted by atomic mass is 10.1. The summed E-state index contributed by atoms with van der Waals surface area (Å²) in [4.78, 5) is 0. The van der Waals surface area contributed by atoms with Crippen LogP contribution < -0.4 is 4.74 Å². The highest BCUT2D eigenvalue weighted by molar-refractivity contribution is 5.63. The summed E-state index contributed by atoms with van der Waals surface area (Å²) in [7, 11) is 1.57. The third kappa shape index (κ3) is 2.35. The largest absolute Gasteiger partial charge is 0.495 e. The van der Waals surface area contributed by atoms with E-state index < -0.39 is 0 Å². The molecule has 0 bridgehead atoms. The van der Waals surface area contributed by atoms with Crippen molar-refractivity contribution in [2.75, 3.05) is 7.11 Å². The Balaban J connectivity index is 2.35. The summed E-state index contributed by atoms with van der Waals surface area (Å²) in [5, 5.41) is 13.4. The fourth-order valence-electron chi connectivity index (χ4n) is 1.81. The minimum absolute atomic E-state index is 0.536. The van der Waals surface area contributed by atoms with Gasteiger partial charge in [0.25, 0.3) is 0 Å². The first kappa shape index (κ1) is 12.2. The molecule has 1 aromatic heterocycles. The van der Waals surface area contributed by atoms with Gasteiger partial charge in [-0.2, -0.15) is 10.4 Å². The number of hydrogen-bond acceptors (Lipinski definition) is 3. The van der Waals surface area contributed by atoms with Gasteiger partial charge in [-0.3, -0.25) is 4.68 Å². The molecule has 2 aromatic rings. The van der Waals surface area contributed by atoms with Gasteiger partial charge in [0.05, 0.1) is 18.4 Å². The van der Waals surface area contributed by atoms with E-state index in [2.05, 4.69) is 18.1 Å². The molecule has 0 radical (unpaired) electrons. The molecule has 0 amide bonds. The maximum Gasteiger partial charge on any atom is 0.137 e. The van der Waals surface area contributed by atoms with E-state index in [1.807, 2.05) is 29.1 Å². The van der Waals surface area contributed by atoms with Gasteiger partial charge < -0.3 is 4.74 Å². The van der Waals surface area contributed by atoms with Crippen LogP contribution in [0, 0.1) is 11.3 Å². The van der Waals surface area contributed by atoms with Crippen molar-refractivity contribution in [2.24, 2.45) is 0 Å². The third-order valence-corrected chi connectivity index (χ3v) is 2.71. The Morgan fingerprint density at radius 1 is 1.39 bits per heavy atom. The molecule has 92 valence electrons. The van der Waals surface area contributed by atoms with Crippen LogP contribution in [0.3, 0.4) is 0 Å². The molecule has 0 spiro atoms. The summed E-state index contributed by atoms with van der Waals surface area (Å²) in [5.74, 6) is 0.583. The van der Waals surface area contributed by atoms with Crippen LogP contribution in [0.1, 0.15) is 18.9 Å². The van der Waals surface area contributed by atoms with Crippen LogP contribution in [0.25, 0.3) is 11.3 Å². The van der Waals surface area contributed by atoms with Crippen molar-refractivity contribution in [2.45, 2.75) is 19.9 Å². The lowest BCUT2D eigenvalue weighted by molar-refractivity contribution is 0.413. The van der Waals surface area contributed by atoms with E-state index in [9.17, 15) is 0 Å². The van der Waals surface area contributed by atoms with Crippen LogP contribution >= 0.6 is 0 Å². The molecule has 0 atom stereocenters. The minimum Gasteiger partial charge on any atom is -0.495 e. The smallest absolute Gasteiger partial charge is 0.137 e. The number of nitrogens with zero attached hydrogens (tertiary/aromatic N) is 3. The van der Waals surface area contributed by atoms with E-state index in [4.69, 9.17) is 10.00 Å². The lowest BCUT2D eigenvalue weighted by Gasteiger charge is -2.04. The average molecular weight is 241 g/mol. The lowest BCUT2D eigenvalue weighted by Crippen LogP contribution is -1.97. The number of methoxy groups -OCH3 is 1.